The molecule has 1 heterocycles. The topological polar surface area (TPSA) is 44.8 Å². The van der Waals surface area contributed by atoms with Crippen LogP contribution in [0.15, 0.2) is 48.5 Å². The summed E-state index contributed by atoms with van der Waals surface area (Å²) >= 11 is 0. The number of benzene rings is 2. The van der Waals surface area contributed by atoms with E-state index in [1.165, 1.54) is 17.7 Å². The van der Waals surface area contributed by atoms with E-state index in [2.05, 4.69) is 39.4 Å². The molecule has 1 amide bonds. The van der Waals surface area contributed by atoms with Gasteiger partial charge in [-0.2, -0.15) is 0 Å². The largest absolute Gasteiger partial charge is 0.379 e. The first-order chi connectivity index (χ1) is 14.0. The highest BCUT2D eigenvalue weighted by atomic mass is 19.1. The van der Waals surface area contributed by atoms with Crippen LogP contribution in [-0.2, 0) is 16.0 Å². The van der Waals surface area contributed by atoms with Gasteiger partial charge in [-0.3, -0.25) is 9.69 Å². The Morgan fingerprint density at radius 3 is 2.55 bits per heavy atom. The zero-order valence-corrected chi connectivity index (χ0v) is 17.2. The molecule has 1 N–H and O–H groups in total. The molecular formula is C23H30FN3O2. The lowest BCUT2D eigenvalue weighted by molar-refractivity contribution is -0.121. The molecule has 1 aliphatic heterocycles. The minimum absolute atomic E-state index is 0.0163. The van der Waals surface area contributed by atoms with Gasteiger partial charge in [0.15, 0.2) is 0 Å². The minimum Gasteiger partial charge on any atom is -0.379 e. The second kappa shape index (κ2) is 10.4. The monoisotopic (exact) mass is 399 g/mol. The van der Waals surface area contributed by atoms with Crippen molar-refractivity contribution in [1.82, 2.24) is 10.2 Å². The lowest BCUT2D eigenvalue weighted by Gasteiger charge is -2.35. The third-order valence-corrected chi connectivity index (χ3v) is 5.30. The maximum Gasteiger partial charge on any atom is 0.220 e. The van der Waals surface area contributed by atoms with Crippen LogP contribution >= 0.6 is 0 Å². The number of carbonyl (C=O) groups is 1. The van der Waals surface area contributed by atoms with Gasteiger partial charge in [0.2, 0.25) is 5.91 Å². The lowest BCUT2D eigenvalue weighted by atomic mass is 10.0. The second-order valence-corrected chi connectivity index (χ2v) is 7.58. The van der Waals surface area contributed by atoms with Gasteiger partial charge in [-0.05, 0) is 41.8 Å². The number of nitrogens with zero attached hydrogens (tertiary/aromatic N) is 2. The molecule has 0 aliphatic carbocycles. The van der Waals surface area contributed by atoms with Gasteiger partial charge in [0.05, 0.1) is 19.3 Å². The Labute approximate surface area is 172 Å². The fourth-order valence-corrected chi connectivity index (χ4v) is 3.59. The number of hydrogen-bond donors (Lipinski definition) is 1. The molecule has 0 spiro atoms. The molecule has 3 rings (SSSR count). The van der Waals surface area contributed by atoms with Crippen LogP contribution in [0, 0.1) is 5.82 Å². The first-order valence-electron chi connectivity index (χ1n) is 10.1. The Bertz CT molecular complexity index is 789. The Morgan fingerprint density at radius 2 is 1.90 bits per heavy atom. The summed E-state index contributed by atoms with van der Waals surface area (Å²) in [6.45, 7) is 3.65. The molecule has 1 unspecified atom stereocenters. The van der Waals surface area contributed by atoms with Crippen LogP contribution in [0.3, 0.4) is 0 Å². The molecule has 156 valence electrons. The molecule has 1 atom stereocenters. The van der Waals surface area contributed by atoms with Crippen LogP contribution in [-0.4, -0.2) is 57.8 Å². The number of amides is 1. The van der Waals surface area contributed by atoms with E-state index < -0.39 is 0 Å². The first-order valence-corrected chi connectivity index (χ1v) is 10.1. The van der Waals surface area contributed by atoms with Gasteiger partial charge in [0.1, 0.15) is 5.82 Å². The van der Waals surface area contributed by atoms with Crippen LogP contribution in [0.25, 0.3) is 0 Å². The van der Waals surface area contributed by atoms with Crippen molar-refractivity contribution in [2.75, 3.05) is 51.8 Å². The standard InChI is InChI=1S/C23H30FN3O2/c1-26(2)21-9-7-19(8-10-21)22(27-12-14-29-15-13-27)17-25-23(28)11-6-18-4-3-5-20(24)16-18/h3-5,7-10,16,22H,6,11-15,17H2,1-2H3,(H,25,28). The number of hydrogen-bond acceptors (Lipinski definition) is 4. The van der Waals surface area contributed by atoms with Gasteiger partial charge in [-0.25, -0.2) is 4.39 Å². The highest BCUT2D eigenvalue weighted by Crippen LogP contribution is 2.24. The van der Waals surface area contributed by atoms with E-state index in [9.17, 15) is 9.18 Å². The number of nitrogens with one attached hydrogen (secondary N) is 1. The van der Waals surface area contributed by atoms with Gasteiger partial charge < -0.3 is 15.0 Å². The zero-order valence-electron chi connectivity index (χ0n) is 17.2. The molecule has 0 saturated carbocycles. The second-order valence-electron chi connectivity index (χ2n) is 7.58. The van der Waals surface area contributed by atoms with Crippen LogP contribution in [0.2, 0.25) is 0 Å². The van der Waals surface area contributed by atoms with Crippen molar-refractivity contribution in [3.63, 3.8) is 0 Å². The van der Waals surface area contributed by atoms with Crippen LogP contribution in [0.5, 0.6) is 0 Å². The van der Waals surface area contributed by atoms with Crippen molar-refractivity contribution in [3.8, 4) is 0 Å². The van der Waals surface area contributed by atoms with Crippen molar-refractivity contribution in [1.29, 1.82) is 0 Å². The molecule has 2 aromatic carbocycles. The van der Waals surface area contributed by atoms with E-state index in [1.807, 2.05) is 20.2 Å². The van der Waals surface area contributed by atoms with Crippen molar-refractivity contribution < 1.29 is 13.9 Å². The molecular weight excluding hydrogens is 369 g/mol. The Morgan fingerprint density at radius 1 is 1.17 bits per heavy atom. The van der Waals surface area contributed by atoms with Gasteiger partial charge in [-0.1, -0.05) is 24.3 Å². The van der Waals surface area contributed by atoms with Gasteiger partial charge in [-0.15, -0.1) is 0 Å². The molecule has 5 nitrogen and oxygen atoms in total. The van der Waals surface area contributed by atoms with Crippen molar-refractivity contribution >= 4 is 11.6 Å². The lowest BCUT2D eigenvalue weighted by Crippen LogP contribution is -2.43. The number of carbonyl (C=O) groups excluding carboxylic acids is 1. The third kappa shape index (κ3) is 6.27. The molecule has 0 aromatic heterocycles. The summed E-state index contributed by atoms with van der Waals surface area (Å²) in [5.74, 6) is -0.283. The van der Waals surface area contributed by atoms with E-state index in [1.54, 1.807) is 6.07 Å². The molecule has 1 aliphatic rings. The zero-order chi connectivity index (χ0) is 20.6. The summed E-state index contributed by atoms with van der Waals surface area (Å²) < 4.78 is 18.8. The van der Waals surface area contributed by atoms with Crippen molar-refractivity contribution in [2.24, 2.45) is 0 Å². The normalized spacial score (nSPS) is 15.7. The summed E-state index contributed by atoms with van der Waals surface area (Å²) in [5, 5.41) is 3.08. The van der Waals surface area contributed by atoms with Gasteiger partial charge in [0, 0.05) is 45.8 Å². The maximum atomic E-state index is 13.3. The van der Waals surface area contributed by atoms with E-state index in [4.69, 9.17) is 4.74 Å². The predicted octanol–water partition coefficient (Wildman–Crippen LogP) is 3.01. The average molecular weight is 400 g/mol. The number of ether oxygens (including phenoxy) is 1. The smallest absolute Gasteiger partial charge is 0.220 e. The van der Waals surface area contributed by atoms with Gasteiger partial charge in [0.25, 0.3) is 0 Å². The number of aryl methyl sites for hydroxylation is 1. The van der Waals surface area contributed by atoms with E-state index in [0.29, 0.717) is 32.6 Å². The quantitative estimate of drug-likeness (QED) is 0.741. The number of rotatable bonds is 8. The number of halogens is 1. The first kappa shape index (κ1) is 21.3. The van der Waals surface area contributed by atoms with Crippen LogP contribution < -0.4 is 10.2 Å². The summed E-state index contributed by atoms with van der Waals surface area (Å²) in [6.07, 6.45) is 0.877. The fourth-order valence-electron chi connectivity index (χ4n) is 3.59. The van der Waals surface area contributed by atoms with Gasteiger partial charge >= 0.3 is 0 Å². The summed E-state index contributed by atoms with van der Waals surface area (Å²) in [5.41, 5.74) is 3.17. The molecule has 6 heteroatoms. The summed E-state index contributed by atoms with van der Waals surface area (Å²) in [4.78, 5) is 16.8. The SMILES string of the molecule is CN(C)c1ccc(C(CNC(=O)CCc2cccc(F)c2)N2CCOCC2)cc1. The van der Waals surface area contributed by atoms with Crippen molar-refractivity contribution in [3.05, 3.63) is 65.5 Å². The van der Waals surface area contributed by atoms with Crippen molar-refractivity contribution in [2.45, 2.75) is 18.9 Å². The summed E-state index contributed by atoms with van der Waals surface area (Å²) in [7, 11) is 4.04. The molecule has 2 aromatic rings. The van der Waals surface area contributed by atoms with Crippen LogP contribution in [0.4, 0.5) is 10.1 Å². The highest BCUT2D eigenvalue weighted by molar-refractivity contribution is 5.76. The Hall–Kier alpha value is -2.44. The molecule has 1 fully saturated rings. The van der Waals surface area contributed by atoms with E-state index in [0.717, 1.165) is 24.3 Å². The highest BCUT2D eigenvalue weighted by Gasteiger charge is 2.23. The average Bonchev–Trinajstić information content (AvgIpc) is 2.73. The Kier molecular flexibility index (Phi) is 7.61. The maximum absolute atomic E-state index is 13.3. The van der Waals surface area contributed by atoms with E-state index in [-0.39, 0.29) is 17.8 Å². The molecule has 29 heavy (non-hydrogen) atoms. The fraction of sp³-hybridized carbons (Fsp3) is 0.435. The Balaban J connectivity index is 1.61. The molecule has 0 radical (unpaired) electrons. The van der Waals surface area contributed by atoms with E-state index >= 15 is 0 Å². The number of anilines is 1. The predicted molar refractivity (Wildman–Crippen MR) is 114 cm³/mol. The molecule has 1 saturated heterocycles. The minimum atomic E-state index is -0.267. The van der Waals surface area contributed by atoms with Crippen LogP contribution in [0.1, 0.15) is 23.6 Å². The third-order valence-electron chi connectivity index (χ3n) is 5.30. The molecule has 0 bridgehead atoms. The number of morpholine rings is 1. The summed E-state index contributed by atoms with van der Waals surface area (Å²) in [6, 6.07) is 15.0.